The summed E-state index contributed by atoms with van der Waals surface area (Å²) in [4.78, 5) is 33.4. The molecule has 0 radical (unpaired) electrons. The largest absolute Gasteiger partial charge is 0.386 e. The van der Waals surface area contributed by atoms with Crippen molar-refractivity contribution in [2.75, 3.05) is 0 Å². The zero-order valence-electron chi connectivity index (χ0n) is 24.6. The van der Waals surface area contributed by atoms with Gasteiger partial charge in [0.05, 0.1) is 11.3 Å². The maximum Gasteiger partial charge on any atom is 0.261 e. The first-order valence-corrected chi connectivity index (χ1v) is 13.8. The second-order valence-corrected chi connectivity index (χ2v) is 10.5. The van der Waals surface area contributed by atoms with E-state index in [1.807, 2.05) is 74.6 Å². The minimum Gasteiger partial charge on any atom is -0.386 e. The molecule has 7 heteroatoms. The van der Waals surface area contributed by atoms with E-state index in [-0.39, 0.29) is 11.4 Å². The fourth-order valence-corrected chi connectivity index (χ4v) is 4.78. The highest BCUT2D eigenvalue weighted by Gasteiger charge is 2.20. The molecule has 0 bridgehead atoms. The lowest BCUT2D eigenvalue weighted by Gasteiger charge is -2.18. The van der Waals surface area contributed by atoms with E-state index in [2.05, 4.69) is 18.5 Å². The number of allylic oxidation sites excluding steroid dienone is 9. The number of hydrogen-bond acceptors (Lipinski definition) is 4. The summed E-state index contributed by atoms with van der Waals surface area (Å²) >= 11 is 0. The van der Waals surface area contributed by atoms with Crippen LogP contribution in [0.4, 0.5) is 0 Å². The lowest BCUT2D eigenvalue weighted by molar-refractivity contribution is -0.106. The predicted molar refractivity (Wildman–Crippen MR) is 169 cm³/mol. The van der Waals surface area contributed by atoms with Crippen molar-refractivity contribution in [3.05, 3.63) is 123 Å². The summed E-state index contributed by atoms with van der Waals surface area (Å²) in [6.45, 7) is 13.4. The zero-order valence-corrected chi connectivity index (χ0v) is 24.6. The number of aromatic nitrogens is 2. The highest BCUT2D eigenvalue weighted by molar-refractivity contribution is 6.04. The van der Waals surface area contributed by atoms with Crippen molar-refractivity contribution in [2.24, 2.45) is 10.7 Å². The van der Waals surface area contributed by atoms with Crippen LogP contribution in [0.15, 0.2) is 94.3 Å². The number of aliphatic imine (C=N–C) groups is 1. The second kappa shape index (κ2) is 13.8. The molecule has 0 spiro atoms. The first-order chi connectivity index (χ1) is 19.5. The molecule has 0 unspecified atom stereocenters. The third-order valence-corrected chi connectivity index (χ3v) is 6.99. The summed E-state index contributed by atoms with van der Waals surface area (Å²) in [5, 5.41) is 10.5. The molecule has 0 aliphatic heterocycles. The summed E-state index contributed by atoms with van der Waals surface area (Å²) in [5.41, 5.74) is 11.2. The lowest BCUT2D eigenvalue weighted by Crippen LogP contribution is -2.28. The second-order valence-electron chi connectivity index (χ2n) is 10.5. The van der Waals surface area contributed by atoms with Crippen LogP contribution in [0.2, 0.25) is 0 Å². The van der Waals surface area contributed by atoms with Crippen LogP contribution in [0.25, 0.3) is 11.3 Å². The molecule has 1 aromatic heterocycles. The van der Waals surface area contributed by atoms with Gasteiger partial charge in [-0.2, -0.15) is 4.99 Å². The molecule has 214 valence electrons. The third-order valence-electron chi connectivity index (χ3n) is 6.99. The van der Waals surface area contributed by atoms with Gasteiger partial charge in [-0.05, 0) is 68.9 Å². The van der Waals surface area contributed by atoms with E-state index < -0.39 is 5.60 Å². The Morgan fingerprint density at radius 2 is 1.90 bits per heavy atom. The van der Waals surface area contributed by atoms with Gasteiger partial charge < -0.3 is 10.8 Å². The Morgan fingerprint density at radius 1 is 1.20 bits per heavy atom. The summed E-state index contributed by atoms with van der Waals surface area (Å²) in [6, 6.07) is 7.48. The minimum absolute atomic E-state index is 0.111. The van der Waals surface area contributed by atoms with Gasteiger partial charge in [0.15, 0.2) is 0 Å². The van der Waals surface area contributed by atoms with Gasteiger partial charge in [-0.25, -0.2) is 4.98 Å². The number of benzene rings is 1. The van der Waals surface area contributed by atoms with E-state index >= 15 is 0 Å². The van der Waals surface area contributed by atoms with Gasteiger partial charge in [0, 0.05) is 23.2 Å². The molecular weight excluding hydrogens is 512 g/mol. The van der Waals surface area contributed by atoms with Crippen molar-refractivity contribution in [3.63, 3.8) is 0 Å². The molecule has 1 aliphatic carbocycles. The van der Waals surface area contributed by atoms with Crippen molar-refractivity contribution in [2.45, 2.75) is 65.9 Å². The van der Waals surface area contributed by atoms with Gasteiger partial charge in [-0.1, -0.05) is 80.6 Å². The Labute approximate surface area is 242 Å². The topological polar surface area (TPSA) is 111 Å². The number of amides is 1. The molecular formula is C34H40N4O3. The van der Waals surface area contributed by atoms with Crippen LogP contribution < -0.4 is 11.3 Å². The van der Waals surface area contributed by atoms with Gasteiger partial charge in [0.2, 0.25) is 6.41 Å². The first kappa shape index (κ1) is 31.2. The van der Waals surface area contributed by atoms with Crippen LogP contribution in [0, 0.1) is 6.92 Å². The average molecular weight is 553 g/mol. The number of hydrogen-bond donors (Lipinski definition) is 2. The molecule has 7 nitrogen and oxygen atoms in total. The van der Waals surface area contributed by atoms with E-state index in [9.17, 15) is 14.7 Å². The van der Waals surface area contributed by atoms with Crippen LogP contribution in [-0.4, -0.2) is 32.5 Å². The molecule has 1 aromatic carbocycles. The Morgan fingerprint density at radius 3 is 2.54 bits per heavy atom. The fraction of sp³-hybridized carbons (Fsp3) is 0.294. The Kier molecular flexibility index (Phi) is 10.5. The van der Waals surface area contributed by atoms with E-state index in [1.54, 1.807) is 24.5 Å². The maximum absolute atomic E-state index is 14.0. The fourth-order valence-electron chi connectivity index (χ4n) is 4.78. The molecule has 1 heterocycles. The first-order valence-electron chi connectivity index (χ1n) is 13.8. The number of nitrogens with two attached hydrogens (primary N) is 1. The molecule has 0 atom stereocenters. The highest BCUT2D eigenvalue weighted by Crippen LogP contribution is 2.24. The number of aryl methyl sites for hydroxylation is 2. The SMILES string of the molecule is C=C/C(=C\C=C(/C)c1ccccc1C(N)=NC=O)Cc1c(CCC)nc(C)n(C2=CCC=C(C(C)(C)O)C=C2)c1=O. The average Bonchev–Trinajstić information content (AvgIpc) is 3.19. The zero-order chi connectivity index (χ0) is 30.2. The molecule has 1 amide bonds. The van der Waals surface area contributed by atoms with Crippen LogP contribution in [0.1, 0.15) is 68.7 Å². The van der Waals surface area contributed by atoms with Crippen LogP contribution >= 0.6 is 0 Å². The quantitative estimate of drug-likeness (QED) is 0.163. The van der Waals surface area contributed by atoms with Crippen molar-refractivity contribution in [3.8, 4) is 0 Å². The molecule has 1 aliphatic rings. The van der Waals surface area contributed by atoms with Crippen LogP contribution in [-0.2, 0) is 17.6 Å². The van der Waals surface area contributed by atoms with Crippen molar-refractivity contribution in [1.82, 2.24) is 9.55 Å². The number of nitrogens with zero attached hydrogens (tertiary/aromatic N) is 3. The Balaban J connectivity index is 2.05. The van der Waals surface area contributed by atoms with Crippen molar-refractivity contribution < 1.29 is 9.90 Å². The normalized spacial score (nSPS) is 14.8. The summed E-state index contributed by atoms with van der Waals surface area (Å²) in [7, 11) is 0. The number of carbonyl (C=O) groups is 1. The summed E-state index contributed by atoms with van der Waals surface area (Å²) in [5.74, 6) is 0.773. The summed E-state index contributed by atoms with van der Waals surface area (Å²) in [6.07, 6.45) is 16.2. The Hall–Kier alpha value is -4.36. The number of aliphatic hydroxyl groups is 1. The molecule has 0 saturated heterocycles. The van der Waals surface area contributed by atoms with Crippen LogP contribution in [0.3, 0.4) is 0 Å². The van der Waals surface area contributed by atoms with Gasteiger partial charge in [0.25, 0.3) is 5.56 Å². The number of amidine groups is 1. The van der Waals surface area contributed by atoms with Gasteiger partial charge >= 0.3 is 0 Å². The number of rotatable bonds is 11. The smallest absolute Gasteiger partial charge is 0.261 e. The molecule has 3 rings (SSSR count). The maximum atomic E-state index is 14.0. The monoisotopic (exact) mass is 552 g/mol. The standard InChI is InChI=1S/C34H40N4O3/c1-7-12-31-30(33(40)38(24(4)37-31)27-14-11-13-26(19-20-27)34(5,6)41)21-25(8-2)18-17-23(3)28-15-9-10-16-29(28)32(35)36-22-39/h8-10,13-20,22,41H,2,7,11-12,21H2,1,3-6H3,(H2,35,36,39)/b23-17+,25-18+. The van der Waals surface area contributed by atoms with E-state index in [1.165, 1.54) is 0 Å². The van der Waals surface area contributed by atoms with E-state index in [4.69, 9.17) is 10.7 Å². The third kappa shape index (κ3) is 7.64. The number of carbonyl (C=O) groups excluding carboxylic acids is 1. The van der Waals surface area contributed by atoms with E-state index in [0.717, 1.165) is 40.1 Å². The lowest BCUT2D eigenvalue weighted by atomic mass is 9.97. The van der Waals surface area contributed by atoms with Gasteiger partial charge in [-0.3, -0.25) is 14.2 Å². The van der Waals surface area contributed by atoms with Gasteiger partial charge in [-0.15, -0.1) is 0 Å². The molecule has 0 fully saturated rings. The molecule has 2 aromatic rings. The predicted octanol–water partition coefficient (Wildman–Crippen LogP) is 5.62. The molecule has 3 N–H and O–H groups in total. The summed E-state index contributed by atoms with van der Waals surface area (Å²) < 4.78 is 1.65. The van der Waals surface area contributed by atoms with E-state index in [0.29, 0.717) is 42.6 Å². The Bertz CT molecular complexity index is 1560. The molecule has 0 saturated carbocycles. The van der Waals surface area contributed by atoms with Gasteiger partial charge in [0.1, 0.15) is 11.7 Å². The van der Waals surface area contributed by atoms with Crippen LogP contribution in [0.5, 0.6) is 0 Å². The van der Waals surface area contributed by atoms with Crippen molar-refractivity contribution in [1.29, 1.82) is 0 Å². The minimum atomic E-state index is -0.975. The molecule has 41 heavy (non-hydrogen) atoms. The van der Waals surface area contributed by atoms with Crippen molar-refractivity contribution >= 4 is 23.5 Å². The highest BCUT2D eigenvalue weighted by atomic mass is 16.3.